The second-order valence-corrected chi connectivity index (χ2v) is 5.59. The van der Waals surface area contributed by atoms with Crippen LogP contribution in [0.1, 0.15) is 17.3 Å². The summed E-state index contributed by atoms with van der Waals surface area (Å²) in [5.74, 6) is -1.08. The number of ether oxygens (including phenoxy) is 1. The average Bonchev–Trinajstić information content (AvgIpc) is 2.51. The fourth-order valence-corrected chi connectivity index (χ4v) is 2.25. The molecule has 0 unspecified atom stereocenters. The topological polar surface area (TPSA) is 46.6 Å². The van der Waals surface area contributed by atoms with E-state index in [4.69, 9.17) is 4.74 Å². The van der Waals surface area contributed by atoms with E-state index >= 15 is 0 Å². The average molecular weight is 337 g/mol. The number of carbonyl (C=O) groups is 2. The van der Waals surface area contributed by atoms with E-state index in [1.807, 2.05) is 0 Å². The molecule has 0 heterocycles. The molecule has 0 aliphatic rings. The van der Waals surface area contributed by atoms with Crippen molar-refractivity contribution in [3.63, 3.8) is 0 Å². The molecule has 0 N–H and O–H groups in total. The number of nitrogens with zero attached hydrogens (tertiary/aromatic N) is 1. The van der Waals surface area contributed by atoms with Crippen LogP contribution in [0.25, 0.3) is 0 Å². The number of thioether (sulfide) groups is 1. The summed E-state index contributed by atoms with van der Waals surface area (Å²) < 4.78 is 17.9. The molecule has 1 aromatic rings. The molecule has 23 heavy (non-hydrogen) atoms. The molecule has 0 aliphatic heterocycles. The van der Waals surface area contributed by atoms with Crippen LogP contribution in [0.2, 0.25) is 0 Å². The van der Waals surface area contributed by atoms with Crippen LogP contribution in [0.15, 0.2) is 47.0 Å². The first-order valence-corrected chi connectivity index (χ1v) is 8.23. The highest BCUT2D eigenvalue weighted by Crippen LogP contribution is 2.19. The van der Waals surface area contributed by atoms with Crippen molar-refractivity contribution in [1.82, 2.24) is 4.90 Å². The summed E-state index contributed by atoms with van der Waals surface area (Å²) >= 11 is 1.26. The predicted molar refractivity (Wildman–Crippen MR) is 90.7 cm³/mol. The van der Waals surface area contributed by atoms with Gasteiger partial charge in [0.2, 0.25) is 0 Å². The lowest BCUT2D eigenvalue weighted by atomic mass is 10.1. The van der Waals surface area contributed by atoms with Crippen molar-refractivity contribution in [2.75, 3.05) is 27.0 Å². The molecule has 0 radical (unpaired) electrons. The SMILES string of the molecule is CCOC(=O)C(=CC=C(SC)C(=O)c1ccc(F)cc1)N(C)C. The first-order chi connectivity index (χ1) is 10.9. The van der Waals surface area contributed by atoms with E-state index in [1.165, 1.54) is 36.0 Å². The molecular formula is C17H20FNO3S. The molecule has 0 bridgehead atoms. The number of Topliss-reactive ketones (excluding diaryl/α,β-unsaturated/α-hetero) is 1. The number of hydrogen-bond donors (Lipinski definition) is 0. The van der Waals surface area contributed by atoms with E-state index in [0.29, 0.717) is 16.2 Å². The molecule has 0 spiro atoms. The quantitative estimate of drug-likeness (QED) is 0.331. The maximum Gasteiger partial charge on any atom is 0.354 e. The Morgan fingerprint density at radius 3 is 2.30 bits per heavy atom. The lowest BCUT2D eigenvalue weighted by Crippen LogP contribution is -2.21. The van der Waals surface area contributed by atoms with Gasteiger partial charge in [-0.05, 0) is 49.6 Å². The largest absolute Gasteiger partial charge is 0.461 e. The van der Waals surface area contributed by atoms with Crippen molar-refractivity contribution in [3.05, 3.63) is 58.4 Å². The van der Waals surface area contributed by atoms with Crippen LogP contribution >= 0.6 is 11.8 Å². The van der Waals surface area contributed by atoms with Gasteiger partial charge in [-0.25, -0.2) is 9.18 Å². The predicted octanol–water partition coefficient (Wildman–Crippen LogP) is 3.26. The first kappa shape index (κ1) is 19.0. The number of likely N-dealkylation sites (N-methyl/N-ethyl adjacent to an activating group) is 1. The normalized spacial score (nSPS) is 12.0. The van der Waals surface area contributed by atoms with Crippen LogP contribution in [-0.2, 0) is 9.53 Å². The number of allylic oxidation sites excluding steroid dienone is 3. The van der Waals surface area contributed by atoms with Crippen molar-refractivity contribution >= 4 is 23.5 Å². The van der Waals surface area contributed by atoms with Gasteiger partial charge in [-0.2, -0.15) is 0 Å². The van der Waals surface area contributed by atoms with Crippen molar-refractivity contribution in [2.24, 2.45) is 0 Å². The maximum atomic E-state index is 12.9. The number of ketones is 1. The van der Waals surface area contributed by atoms with Gasteiger partial charge in [-0.15, -0.1) is 11.8 Å². The number of esters is 1. The first-order valence-electron chi connectivity index (χ1n) is 7.01. The number of hydrogen-bond acceptors (Lipinski definition) is 5. The fourth-order valence-electron chi connectivity index (χ4n) is 1.74. The molecule has 0 fully saturated rings. The van der Waals surface area contributed by atoms with Crippen LogP contribution in [0.4, 0.5) is 4.39 Å². The van der Waals surface area contributed by atoms with Crippen molar-refractivity contribution < 1.29 is 18.7 Å². The monoisotopic (exact) mass is 337 g/mol. The number of halogens is 1. The zero-order valence-electron chi connectivity index (χ0n) is 13.6. The lowest BCUT2D eigenvalue weighted by Gasteiger charge is -2.15. The van der Waals surface area contributed by atoms with Crippen LogP contribution < -0.4 is 0 Å². The van der Waals surface area contributed by atoms with Gasteiger partial charge in [0.1, 0.15) is 11.5 Å². The Morgan fingerprint density at radius 2 is 1.83 bits per heavy atom. The zero-order valence-corrected chi connectivity index (χ0v) is 14.4. The Bertz CT molecular complexity index is 621. The molecule has 0 saturated heterocycles. The standard InChI is InChI=1S/C17H20FNO3S/c1-5-22-17(21)14(19(2)3)10-11-15(23-4)16(20)12-6-8-13(18)9-7-12/h6-11H,5H2,1-4H3. The van der Waals surface area contributed by atoms with Crippen LogP contribution in [-0.4, -0.2) is 43.6 Å². The van der Waals surface area contributed by atoms with E-state index in [9.17, 15) is 14.0 Å². The minimum absolute atomic E-state index is 0.226. The second kappa shape index (κ2) is 9.15. The highest BCUT2D eigenvalue weighted by Gasteiger charge is 2.14. The van der Waals surface area contributed by atoms with Crippen molar-refractivity contribution in [3.8, 4) is 0 Å². The lowest BCUT2D eigenvalue weighted by molar-refractivity contribution is -0.140. The van der Waals surface area contributed by atoms with Crippen molar-refractivity contribution in [2.45, 2.75) is 6.92 Å². The molecule has 0 atom stereocenters. The minimum atomic E-state index is -0.455. The van der Waals surface area contributed by atoms with Crippen LogP contribution in [0.5, 0.6) is 0 Å². The third kappa shape index (κ3) is 5.56. The highest BCUT2D eigenvalue weighted by molar-refractivity contribution is 8.03. The maximum absolute atomic E-state index is 12.9. The Kier molecular flexibility index (Phi) is 7.54. The molecule has 0 aliphatic carbocycles. The van der Waals surface area contributed by atoms with Crippen LogP contribution in [0, 0.1) is 5.82 Å². The van der Waals surface area contributed by atoms with E-state index < -0.39 is 11.8 Å². The Labute approximate surface area is 140 Å². The molecule has 1 rings (SSSR count). The number of carbonyl (C=O) groups excluding carboxylic acids is 2. The Balaban J connectivity index is 3.08. The Morgan fingerprint density at radius 1 is 1.22 bits per heavy atom. The van der Waals surface area contributed by atoms with Gasteiger partial charge >= 0.3 is 5.97 Å². The third-order valence-electron chi connectivity index (χ3n) is 2.91. The van der Waals surface area contributed by atoms with Gasteiger partial charge in [-0.1, -0.05) is 0 Å². The van der Waals surface area contributed by atoms with Crippen molar-refractivity contribution in [1.29, 1.82) is 0 Å². The molecule has 4 nitrogen and oxygen atoms in total. The summed E-state index contributed by atoms with van der Waals surface area (Å²) in [5.41, 5.74) is 0.730. The number of benzene rings is 1. The highest BCUT2D eigenvalue weighted by atomic mass is 32.2. The van der Waals surface area contributed by atoms with Gasteiger partial charge in [0.05, 0.1) is 11.5 Å². The summed E-state index contributed by atoms with van der Waals surface area (Å²) in [6.07, 6.45) is 4.88. The smallest absolute Gasteiger partial charge is 0.354 e. The number of rotatable bonds is 7. The molecule has 124 valence electrons. The van der Waals surface area contributed by atoms with Gasteiger partial charge in [-0.3, -0.25) is 4.79 Å². The summed E-state index contributed by atoms with van der Waals surface area (Å²) in [4.78, 5) is 26.3. The molecule has 6 heteroatoms. The van der Waals surface area contributed by atoms with E-state index in [1.54, 1.807) is 44.3 Å². The molecule has 0 amide bonds. The van der Waals surface area contributed by atoms with Gasteiger partial charge < -0.3 is 9.64 Å². The summed E-state index contributed by atoms with van der Waals surface area (Å²) in [6.45, 7) is 2.00. The summed E-state index contributed by atoms with van der Waals surface area (Å²) in [6, 6.07) is 5.35. The van der Waals surface area contributed by atoms with Gasteiger partial charge in [0.15, 0.2) is 5.78 Å². The summed E-state index contributed by atoms with van der Waals surface area (Å²) in [7, 11) is 3.44. The van der Waals surface area contributed by atoms with Gasteiger partial charge in [0.25, 0.3) is 0 Å². The summed E-state index contributed by atoms with van der Waals surface area (Å²) in [5, 5.41) is 0. The molecule has 0 saturated carbocycles. The molecule has 1 aromatic carbocycles. The van der Waals surface area contributed by atoms with E-state index in [2.05, 4.69) is 0 Å². The third-order valence-corrected chi connectivity index (χ3v) is 3.67. The van der Waals surface area contributed by atoms with E-state index in [0.717, 1.165) is 0 Å². The van der Waals surface area contributed by atoms with Gasteiger partial charge in [0, 0.05) is 19.7 Å². The second-order valence-electron chi connectivity index (χ2n) is 4.74. The van der Waals surface area contributed by atoms with Crippen LogP contribution in [0.3, 0.4) is 0 Å². The fraction of sp³-hybridized carbons (Fsp3) is 0.294. The van der Waals surface area contributed by atoms with E-state index in [-0.39, 0.29) is 12.4 Å². The Hall–Kier alpha value is -2.08. The molecule has 0 aromatic heterocycles. The minimum Gasteiger partial charge on any atom is -0.461 e. The zero-order chi connectivity index (χ0) is 17.4. The molecular weight excluding hydrogens is 317 g/mol.